The Morgan fingerprint density at radius 1 is 1.19 bits per heavy atom. The van der Waals surface area contributed by atoms with Gasteiger partial charge in [-0.15, -0.1) is 0 Å². The largest absolute Gasteiger partial charge is 0.391 e. The third-order valence-corrected chi connectivity index (χ3v) is 4.95. The lowest BCUT2D eigenvalue weighted by Crippen LogP contribution is -2.50. The summed E-state index contributed by atoms with van der Waals surface area (Å²) in [7, 11) is -3.89. The zero-order valence-electron chi connectivity index (χ0n) is 11.9. The van der Waals surface area contributed by atoms with Crippen LogP contribution in [-0.4, -0.2) is 31.7 Å². The number of rotatable bonds is 3. The van der Waals surface area contributed by atoms with Gasteiger partial charge in [0.15, 0.2) is 0 Å². The lowest BCUT2D eigenvalue weighted by Gasteiger charge is -2.28. The molecule has 21 heavy (non-hydrogen) atoms. The van der Waals surface area contributed by atoms with Crippen LogP contribution in [0.1, 0.15) is 31.2 Å². The number of urea groups is 1. The first-order valence-corrected chi connectivity index (χ1v) is 8.45. The normalized spacial score (nSPS) is 22.6. The van der Waals surface area contributed by atoms with E-state index in [0.717, 1.165) is 18.4 Å². The van der Waals surface area contributed by atoms with E-state index < -0.39 is 28.2 Å². The van der Waals surface area contributed by atoms with Crippen LogP contribution in [0.4, 0.5) is 4.79 Å². The number of benzene rings is 1. The number of hydrogen-bond donors (Lipinski definition) is 3. The van der Waals surface area contributed by atoms with Gasteiger partial charge in [-0.3, -0.25) is 0 Å². The van der Waals surface area contributed by atoms with Crippen LogP contribution in [0.25, 0.3) is 0 Å². The van der Waals surface area contributed by atoms with Crippen molar-refractivity contribution >= 4 is 16.1 Å². The first kappa shape index (κ1) is 15.8. The highest BCUT2D eigenvalue weighted by Crippen LogP contribution is 2.18. The van der Waals surface area contributed by atoms with Crippen LogP contribution in [0.3, 0.4) is 0 Å². The van der Waals surface area contributed by atoms with E-state index in [2.05, 4.69) is 5.32 Å². The molecule has 1 saturated carbocycles. The summed E-state index contributed by atoms with van der Waals surface area (Å²) in [6, 6.07) is 5.02. The Bertz CT molecular complexity index is 598. The SMILES string of the molecule is Cc1ccc(S(=O)(=O)NC(=O)N[C@@H]2CCCC[C@@H]2O)cc1. The lowest BCUT2D eigenvalue weighted by atomic mass is 9.93. The van der Waals surface area contributed by atoms with E-state index in [0.29, 0.717) is 12.8 Å². The van der Waals surface area contributed by atoms with Gasteiger partial charge in [-0.05, 0) is 31.9 Å². The van der Waals surface area contributed by atoms with E-state index in [4.69, 9.17) is 0 Å². The van der Waals surface area contributed by atoms with Crippen molar-refractivity contribution in [2.45, 2.75) is 49.6 Å². The number of aliphatic hydroxyl groups excluding tert-OH is 1. The molecule has 0 bridgehead atoms. The molecule has 2 atom stereocenters. The summed E-state index contributed by atoms with van der Waals surface area (Å²) < 4.78 is 26.1. The summed E-state index contributed by atoms with van der Waals surface area (Å²) >= 11 is 0. The van der Waals surface area contributed by atoms with Gasteiger partial charge < -0.3 is 10.4 Å². The van der Waals surface area contributed by atoms with Crippen LogP contribution in [0.5, 0.6) is 0 Å². The van der Waals surface area contributed by atoms with Gasteiger partial charge in [0.1, 0.15) is 0 Å². The van der Waals surface area contributed by atoms with Crippen LogP contribution in [0.15, 0.2) is 29.2 Å². The zero-order valence-corrected chi connectivity index (χ0v) is 12.7. The van der Waals surface area contributed by atoms with Gasteiger partial charge in [-0.1, -0.05) is 30.5 Å². The number of sulfonamides is 1. The molecule has 2 rings (SSSR count). The Morgan fingerprint density at radius 2 is 1.81 bits per heavy atom. The number of amides is 2. The summed E-state index contributed by atoms with van der Waals surface area (Å²) in [4.78, 5) is 11.8. The minimum Gasteiger partial charge on any atom is -0.391 e. The van der Waals surface area contributed by atoms with Crippen LogP contribution in [0.2, 0.25) is 0 Å². The van der Waals surface area contributed by atoms with Gasteiger partial charge in [0, 0.05) is 0 Å². The second kappa shape index (κ2) is 6.44. The smallest absolute Gasteiger partial charge is 0.329 e. The maximum atomic E-state index is 12.0. The van der Waals surface area contributed by atoms with Gasteiger partial charge in [0.05, 0.1) is 17.0 Å². The van der Waals surface area contributed by atoms with Crippen molar-refractivity contribution in [2.24, 2.45) is 0 Å². The lowest BCUT2D eigenvalue weighted by molar-refractivity contribution is 0.0948. The number of hydrogen-bond acceptors (Lipinski definition) is 4. The minimum absolute atomic E-state index is 0.0347. The van der Waals surface area contributed by atoms with Crippen LogP contribution in [0, 0.1) is 6.92 Å². The van der Waals surface area contributed by atoms with Crippen molar-refractivity contribution in [1.82, 2.24) is 10.0 Å². The molecule has 7 heteroatoms. The highest BCUT2D eigenvalue weighted by atomic mass is 32.2. The number of aliphatic hydroxyl groups is 1. The van der Waals surface area contributed by atoms with Crippen molar-refractivity contribution in [1.29, 1.82) is 0 Å². The fraction of sp³-hybridized carbons (Fsp3) is 0.500. The molecule has 0 radical (unpaired) electrons. The standard InChI is InChI=1S/C14H20N2O4S/c1-10-6-8-11(9-7-10)21(19,20)16-14(18)15-12-4-2-3-5-13(12)17/h6-9,12-13,17H,2-5H2,1H3,(H2,15,16,18)/t12-,13+/m1/s1. The highest BCUT2D eigenvalue weighted by Gasteiger charge is 2.26. The fourth-order valence-electron chi connectivity index (χ4n) is 2.38. The quantitative estimate of drug-likeness (QED) is 0.783. The molecule has 6 nitrogen and oxygen atoms in total. The molecule has 3 N–H and O–H groups in total. The molecule has 0 aromatic heterocycles. The Labute approximate surface area is 124 Å². The minimum atomic E-state index is -3.89. The van der Waals surface area contributed by atoms with Gasteiger partial charge in [0.2, 0.25) is 0 Å². The number of carbonyl (C=O) groups is 1. The van der Waals surface area contributed by atoms with Crippen LogP contribution >= 0.6 is 0 Å². The van der Waals surface area contributed by atoms with E-state index in [-0.39, 0.29) is 4.90 Å². The van der Waals surface area contributed by atoms with E-state index in [1.807, 2.05) is 11.6 Å². The van der Waals surface area contributed by atoms with Crippen molar-refractivity contribution in [2.75, 3.05) is 0 Å². The molecule has 0 saturated heterocycles. The van der Waals surface area contributed by atoms with E-state index in [9.17, 15) is 18.3 Å². The molecular weight excluding hydrogens is 292 g/mol. The van der Waals surface area contributed by atoms with Crippen molar-refractivity contribution in [3.63, 3.8) is 0 Å². The molecule has 1 aromatic rings. The first-order chi connectivity index (χ1) is 9.88. The summed E-state index contributed by atoms with van der Waals surface area (Å²) in [6.45, 7) is 1.85. The number of aryl methyl sites for hydroxylation is 1. The summed E-state index contributed by atoms with van der Waals surface area (Å²) in [5.74, 6) is 0. The Balaban J connectivity index is 1.99. The molecule has 1 aliphatic carbocycles. The Kier molecular flexibility index (Phi) is 4.84. The van der Waals surface area contributed by atoms with Gasteiger partial charge in [-0.25, -0.2) is 17.9 Å². The maximum absolute atomic E-state index is 12.0. The van der Waals surface area contributed by atoms with Crippen LogP contribution < -0.4 is 10.0 Å². The van der Waals surface area contributed by atoms with E-state index in [1.165, 1.54) is 12.1 Å². The first-order valence-electron chi connectivity index (χ1n) is 6.96. The fourth-order valence-corrected chi connectivity index (χ4v) is 3.29. The highest BCUT2D eigenvalue weighted by molar-refractivity contribution is 7.90. The Morgan fingerprint density at radius 3 is 2.43 bits per heavy atom. The van der Waals surface area contributed by atoms with Crippen molar-refractivity contribution < 1.29 is 18.3 Å². The van der Waals surface area contributed by atoms with Crippen molar-refractivity contribution in [3.8, 4) is 0 Å². The molecule has 116 valence electrons. The number of nitrogens with one attached hydrogen (secondary N) is 2. The summed E-state index contributed by atoms with van der Waals surface area (Å²) in [5.41, 5.74) is 0.934. The van der Waals surface area contributed by atoms with Gasteiger partial charge >= 0.3 is 6.03 Å². The molecular formula is C14H20N2O4S. The second-order valence-corrected chi connectivity index (χ2v) is 7.03. The number of carbonyl (C=O) groups excluding carboxylic acids is 1. The summed E-state index contributed by atoms with van der Waals surface area (Å²) in [6.07, 6.45) is 2.48. The second-order valence-electron chi connectivity index (χ2n) is 5.35. The molecule has 1 fully saturated rings. The van der Waals surface area contributed by atoms with E-state index >= 15 is 0 Å². The molecule has 0 spiro atoms. The molecule has 2 amide bonds. The molecule has 1 aliphatic rings. The third kappa shape index (κ3) is 4.18. The van der Waals surface area contributed by atoms with Crippen LogP contribution in [-0.2, 0) is 10.0 Å². The molecule has 0 aliphatic heterocycles. The predicted octanol–water partition coefficient (Wildman–Crippen LogP) is 1.29. The monoisotopic (exact) mass is 312 g/mol. The van der Waals surface area contributed by atoms with Gasteiger partial charge in [0.25, 0.3) is 10.0 Å². The van der Waals surface area contributed by atoms with E-state index in [1.54, 1.807) is 12.1 Å². The summed E-state index contributed by atoms with van der Waals surface area (Å²) in [5, 5.41) is 12.3. The molecule has 0 unspecified atom stereocenters. The Hall–Kier alpha value is -1.60. The topological polar surface area (TPSA) is 95.5 Å². The van der Waals surface area contributed by atoms with Crippen molar-refractivity contribution in [3.05, 3.63) is 29.8 Å². The van der Waals surface area contributed by atoms with Gasteiger partial charge in [-0.2, -0.15) is 0 Å². The zero-order chi connectivity index (χ0) is 15.5. The molecule has 1 aromatic carbocycles. The average Bonchev–Trinajstić information content (AvgIpc) is 2.41. The predicted molar refractivity (Wildman–Crippen MR) is 78.3 cm³/mol. The maximum Gasteiger partial charge on any atom is 0.329 e. The average molecular weight is 312 g/mol. The third-order valence-electron chi connectivity index (χ3n) is 3.60. The molecule has 0 heterocycles.